The molecule has 0 saturated carbocycles. The summed E-state index contributed by atoms with van der Waals surface area (Å²) < 4.78 is 9.99. The van der Waals surface area contributed by atoms with E-state index in [1.807, 2.05) is 24.3 Å². The highest BCUT2D eigenvalue weighted by atomic mass is 16.5. The molecule has 0 spiro atoms. The van der Waals surface area contributed by atoms with Crippen LogP contribution >= 0.6 is 0 Å². The lowest BCUT2D eigenvalue weighted by Crippen LogP contribution is -2.00. The average Bonchev–Trinajstić information content (AvgIpc) is 2.27. The van der Waals surface area contributed by atoms with Crippen LogP contribution in [-0.4, -0.2) is 13.1 Å². The number of methoxy groups -OCH3 is 1. The second-order valence-corrected chi connectivity index (χ2v) is 2.96. The van der Waals surface area contributed by atoms with Crippen LogP contribution in [0.5, 0.6) is 5.75 Å². The summed E-state index contributed by atoms with van der Waals surface area (Å²) in [7, 11) is 1.61. The van der Waals surface area contributed by atoms with Crippen molar-refractivity contribution in [3.63, 3.8) is 0 Å². The second-order valence-electron chi connectivity index (χ2n) is 2.96. The Morgan fingerprint density at radius 2 is 2.00 bits per heavy atom. The Morgan fingerprint density at radius 3 is 2.53 bits per heavy atom. The fourth-order valence-corrected chi connectivity index (χ4v) is 1.06. The molecule has 0 radical (unpaired) electrons. The van der Waals surface area contributed by atoms with Crippen LogP contribution in [0, 0.1) is 0 Å². The van der Waals surface area contributed by atoms with Gasteiger partial charge in [0.15, 0.2) is 0 Å². The molecule has 0 heterocycles. The molecule has 1 aromatic rings. The first-order chi connectivity index (χ1) is 7.26. The molecule has 0 unspecified atom stereocenters. The average molecular weight is 206 g/mol. The molecule has 15 heavy (non-hydrogen) atoms. The van der Waals surface area contributed by atoms with Gasteiger partial charge in [-0.3, -0.25) is 0 Å². The maximum atomic E-state index is 11.0. The van der Waals surface area contributed by atoms with E-state index in [4.69, 9.17) is 9.47 Å². The smallest absolute Gasteiger partial charge is 0.330 e. The zero-order valence-corrected chi connectivity index (χ0v) is 8.90. The zero-order chi connectivity index (χ0) is 11.1. The van der Waals surface area contributed by atoms with E-state index in [0.717, 1.165) is 11.3 Å². The van der Waals surface area contributed by atoms with Gasteiger partial charge in [0.1, 0.15) is 12.4 Å². The summed E-state index contributed by atoms with van der Waals surface area (Å²) in [5.74, 6) is 0.465. The molecule has 0 saturated heterocycles. The van der Waals surface area contributed by atoms with Crippen molar-refractivity contribution >= 4 is 5.97 Å². The fraction of sp³-hybridized carbons (Fsp3) is 0.250. The van der Waals surface area contributed by atoms with E-state index < -0.39 is 0 Å². The molecule has 0 fully saturated rings. The molecule has 80 valence electrons. The molecule has 3 heteroatoms. The third-order valence-corrected chi connectivity index (χ3v) is 1.84. The van der Waals surface area contributed by atoms with Gasteiger partial charge in [-0.2, -0.15) is 0 Å². The van der Waals surface area contributed by atoms with Crippen molar-refractivity contribution in [1.29, 1.82) is 0 Å². The van der Waals surface area contributed by atoms with Gasteiger partial charge in [0.2, 0.25) is 0 Å². The van der Waals surface area contributed by atoms with Crippen molar-refractivity contribution in [3.05, 3.63) is 42.0 Å². The van der Waals surface area contributed by atoms with Gasteiger partial charge >= 0.3 is 5.97 Å². The van der Waals surface area contributed by atoms with Crippen LogP contribution < -0.4 is 4.74 Å². The number of rotatable bonds is 4. The molecule has 0 aliphatic heterocycles. The van der Waals surface area contributed by atoms with Gasteiger partial charge in [-0.1, -0.05) is 18.2 Å². The van der Waals surface area contributed by atoms with Crippen molar-refractivity contribution in [1.82, 2.24) is 0 Å². The summed E-state index contributed by atoms with van der Waals surface area (Å²) in [5.41, 5.74) is 0.939. The summed E-state index contributed by atoms with van der Waals surface area (Å²) in [5, 5.41) is 0. The molecular formula is C12H14O3. The lowest BCUT2D eigenvalue weighted by atomic mass is 10.2. The molecular weight excluding hydrogens is 192 g/mol. The number of hydrogen-bond acceptors (Lipinski definition) is 3. The lowest BCUT2D eigenvalue weighted by molar-refractivity contribution is -0.139. The molecule has 0 N–H and O–H groups in total. The van der Waals surface area contributed by atoms with Gasteiger partial charge < -0.3 is 9.47 Å². The van der Waals surface area contributed by atoms with Gasteiger partial charge in [-0.25, -0.2) is 4.79 Å². The molecule has 0 aliphatic carbocycles. The number of carbonyl (C=O) groups is 1. The number of esters is 1. The Hall–Kier alpha value is -1.77. The quantitative estimate of drug-likeness (QED) is 0.560. The van der Waals surface area contributed by atoms with Crippen molar-refractivity contribution in [2.24, 2.45) is 0 Å². The van der Waals surface area contributed by atoms with Gasteiger partial charge in [0.05, 0.1) is 7.11 Å². The normalized spacial score (nSPS) is 10.3. The van der Waals surface area contributed by atoms with Crippen molar-refractivity contribution < 1.29 is 14.3 Å². The first kappa shape index (κ1) is 11.3. The lowest BCUT2D eigenvalue weighted by Gasteiger charge is -2.03. The largest absolute Gasteiger partial charge is 0.497 e. The predicted molar refractivity (Wildman–Crippen MR) is 57.6 cm³/mol. The highest BCUT2D eigenvalue weighted by Gasteiger charge is 1.98. The van der Waals surface area contributed by atoms with Gasteiger partial charge in [-0.05, 0) is 24.6 Å². The summed E-state index contributed by atoms with van der Waals surface area (Å²) in [6.45, 7) is 2.06. The Morgan fingerprint density at radius 1 is 1.33 bits per heavy atom. The molecule has 0 aliphatic rings. The van der Waals surface area contributed by atoms with Crippen LogP contribution in [0.3, 0.4) is 0 Å². The van der Waals surface area contributed by atoms with E-state index in [1.165, 1.54) is 6.08 Å². The maximum Gasteiger partial charge on any atom is 0.330 e. The van der Waals surface area contributed by atoms with E-state index >= 15 is 0 Å². The first-order valence-corrected chi connectivity index (χ1v) is 4.68. The van der Waals surface area contributed by atoms with Crippen molar-refractivity contribution in [2.45, 2.75) is 13.5 Å². The fourth-order valence-electron chi connectivity index (χ4n) is 1.06. The van der Waals surface area contributed by atoms with E-state index in [0.29, 0.717) is 0 Å². The first-order valence-electron chi connectivity index (χ1n) is 4.68. The molecule has 0 amide bonds. The standard InChI is InChI=1S/C12H14O3/c1-3-4-12(13)15-9-10-5-7-11(14-2)8-6-10/h3-8H,9H2,1-2H3/b4-3+. The molecule has 0 bridgehead atoms. The SMILES string of the molecule is C/C=C/C(=O)OCc1ccc(OC)cc1. The minimum absolute atomic E-state index is 0.285. The number of carbonyl (C=O) groups excluding carboxylic acids is 1. The summed E-state index contributed by atoms with van der Waals surface area (Å²) in [6, 6.07) is 7.39. The highest BCUT2D eigenvalue weighted by Crippen LogP contribution is 2.11. The van der Waals surface area contributed by atoms with Crippen LogP contribution in [-0.2, 0) is 16.1 Å². The number of ether oxygens (including phenoxy) is 2. The zero-order valence-electron chi connectivity index (χ0n) is 8.90. The Bertz CT molecular complexity index is 338. The van der Waals surface area contributed by atoms with Crippen molar-refractivity contribution in [3.8, 4) is 5.75 Å². The number of hydrogen-bond donors (Lipinski definition) is 0. The maximum absolute atomic E-state index is 11.0. The Labute approximate surface area is 89.3 Å². The van der Waals surface area contributed by atoms with Gasteiger partial charge in [0, 0.05) is 6.08 Å². The topological polar surface area (TPSA) is 35.5 Å². The summed E-state index contributed by atoms with van der Waals surface area (Å²) in [4.78, 5) is 11.0. The Kier molecular flexibility index (Phi) is 4.41. The predicted octanol–water partition coefficient (Wildman–Crippen LogP) is 2.31. The van der Waals surface area contributed by atoms with Gasteiger partial charge in [-0.15, -0.1) is 0 Å². The highest BCUT2D eigenvalue weighted by molar-refractivity contribution is 5.81. The van der Waals surface area contributed by atoms with Crippen LogP contribution in [0.4, 0.5) is 0 Å². The van der Waals surface area contributed by atoms with E-state index in [-0.39, 0.29) is 12.6 Å². The van der Waals surface area contributed by atoms with Crippen LogP contribution in [0.1, 0.15) is 12.5 Å². The third kappa shape index (κ3) is 3.85. The monoisotopic (exact) mass is 206 g/mol. The number of benzene rings is 1. The molecule has 3 nitrogen and oxygen atoms in total. The molecule has 1 aromatic carbocycles. The second kappa shape index (κ2) is 5.86. The van der Waals surface area contributed by atoms with Crippen molar-refractivity contribution in [2.75, 3.05) is 7.11 Å². The van der Waals surface area contributed by atoms with Crippen LogP contribution in [0.25, 0.3) is 0 Å². The third-order valence-electron chi connectivity index (χ3n) is 1.84. The molecule has 0 atom stereocenters. The van der Waals surface area contributed by atoms with Gasteiger partial charge in [0.25, 0.3) is 0 Å². The van der Waals surface area contributed by atoms with E-state index in [2.05, 4.69) is 0 Å². The minimum Gasteiger partial charge on any atom is -0.497 e. The summed E-state index contributed by atoms with van der Waals surface area (Å²) in [6.07, 6.45) is 3.04. The minimum atomic E-state index is -0.326. The molecule has 0 aromatic heterocycles. The van der Waals surface area contributed by atoms with E-state index in [9.17, 15) is 4.79 Å². The molecule has 1 rings (SSSR count). The van der Waals surface area contributed by atoms with E-state index in [1.54, 1.807) is 20.1 Å². The van der Waals surface area contributed by atoms with Crippen LogP contribution in [0.2, 0.25) is 0 Å². The van der Waals surface area contributed by atoms with Crippen LogP contribution in [0.15, 0.2) is 36.4 Å². The number of allylic oxidation sites excluding steroid dienone is 1. The Balaban J connectivity index is 2.47. The summed E-state index contributed by atoms with van der Waals surface area (Å²) >= 11 is 0.